The molecule has 1 aromatic rings. The smallest absolute Gasteiger partial charge is 0.423 e. The fourth-order valence-electron chi connectivity index (χ4n) is 2.99. The highest BCUT2D eigenvalue weighted by Gasteiger charge is 2.22. The summed E-state index contributed by atoms with van der Waals surface area (Å²) in [5.41, 5.74) is 4.27. The van der Waals surface area contributed by atoms with E-state index in [2.05, 4.69) is 53.7 Å². The van der Waals surface area contributed by atoms with E-state index in [0.29, 0.717) is 17.8 Å². The Morgan fingerprint density at radius 2 is 1.14 bits per heavy atom. The molecule has 0 spiro atoms. The highest BCUT2D eigenvalue weighted by atomic mass is 16.4. The SMILES string of the molecule is CC(C)Cc1cc(CC(C)C)c(B(O)O)c(CC(C)C)c1. The normalized spacial score (nSPS) is 11.8. The summed E-state index contributed by atoms with van der Waals surface area (Å²) in [6.07, 6.45) is 2.83. The van der Waals surface area contributed by atoms with Gasteiger partial charge in [-0.25, -0.2) is 0 Å². The number of rotatable bonds is 7. The molecule has 0 fully saturated rings. The Morgan fingerprint density at radius 1 is 0.762 bits per heavy atom. The maximum absolute atomic E-state index is 9.84. The van der Waals surface area contributed by atoms with E-state index in [9.17, 15) is 10.0 Å². The zero-order valence-electron chi connectivity index (χ0n) is 14.5. The van der Waals surface area contributed by atoms with E-state index >= 15 is 0 Å². The van der Waals surface area contributed by atoms with Gasteiger partial charge in [-0.2, -0.15) is 0 Å². The molecule has 0 aliphatic carbocycles. The molecule has 0 heterocycles. The number of hydrogen-bond acceptors (Lipinski definition) is 2. The molecule has 2 N–H and O–H groups in total. The standard InChI is InChI=1S/C18H31BO2/c1-12(2)7-15-10-16(8-13(3)4)18(19(20)21)17(11-15)9-14(5)6/h10-14,20-21H,7-9H2,1-6H3. The summed E-state index contributed by atoms with van der Waals surface area (Å²) in [5.74, 6) is 1.61. The lowest BCUT2D eigenvalue weighted by atomic mass is 9.70. The first-order valence-corrected chi connectivity index (χ1v) is 8.21. The highest BCUT2D eigenvalue weighted by molar-refractivity contribution is 6.59. The summed E-state index contributed by atoms with van der Waals surface area (Å²) < 4.78 is 0. The van der Waals surface area contributed by atoms with Gasteiger partial charge in [0.2, 0.25) is 0 Å². The molecule has 118 valence electrons. The molecule has 1 rings (SSSR count). The molecular formula is C18H31BO2. The second kappa shape index (κ2) is 8.00. The molecule has 3 heteroatoms. The maximum Gasteiger partial charge on any atom is 0.488 e. The second-order valence-corrected chi connectivity index (χ2v) is 7.50. The zero-order chi connectivity index (χ0) is 16.2. The molecule has 0 radical (unpaired) electrons. The molecule has 0 aromatic heterocycles. The van der Waals surface area contributed by atoms with Crippen LogP contribution >= 0.6 is 0 Å². The first-order chi connectivity index (χ1) is 9.70. The third-order valence-corrected chi connectivity index (χ3v) is 3.57. The highest BCUT2D eigenvalue weighted by Crippen LogP contribution is 2.18. The van der Waals surface area contributed by atoms with E-state index in [1.54, 1.807) is 0 Å². The Labute approximate surface area is 130 Å². The average Bonchev–Trinajstić information content (AvgIpc) is 2.24. The largest absolute Gasteiger partial charge is 0.488 e. The van der Waals surface area contributed by atoms with E-state index in [1.165, 1.54) is 5.56 Å². The van der Waals surface area contributed by atoms with Gasteiger partial charge in [-0.15, -0.1) is 0 Å². The summed E-state index contributed by atoms with van der Waals surface area (Å²) in [6, 6.07) is 4.36. The van der Waals surface area contributed by atoms with E-state index < -0.39 is 7.12 Å². The van der Waals surface area contributed by atoms with E-state index in [0.717, 1.165) is 35.9 Å². The van der Waals surface area contributed by atoms with Crippen LogP contribution in [-0.4, -0.2) is 17.2 Å². The van der Waals surface area contributed by atoms with Crippen LogP contribution in [0.15, 0.2) is 12.1 Å². The van der Waals surface area contributed by atoms with Crippen LogP contribution in [0.4, 0.5) is 0 Å². The van der Waals surface area contributed by atoms with Gasteiger partial charge in [0.15, 0.2) is 0 Å². The Kier molecular flexibility index (Phi) is 6.95. The van der Waals surface area contributed by atoms with E-state index in [4.69, 9.17) is 0 Å². The van der Waals surface area contributed by atoms with E-state index in [-0.39, 0.29) is 0 Å². The summed E-state index contributed by atoms with van der Waals surface area (Å²) in [4.78, 5) is 0. The van der Waals surface area contributed by atoms with Crippen LogP contribution < -0.4 is 5.46 Å². The van der Waals surface area contributed by atoms with Gasteiger partial charge in [0.05, 0.1) is 0 Å². The van der Waals surface area contributed by atoms with Crippen molar-refractivity contribution < 1.29 is 10.0 Å². The van der Waals surface area contributed by atoms with Gasteiger partial charge in [0.1, 0.15) is 0 Å². The van der Waals surface area contributed by atoms with Gasteiger partial charge >= 0.3 is 7.12 Å². The Bertz CT molecular complexity index is 420. The molecule has 0 saturated carbocycles. The molecular weight excluding hydrogens is 259 g/mol. The molecule has 1 aromatic carbocycles. The molecule has 0 atom stereocenters. The van der Waals surface area contributed by atoms with Gasteiger partial charge in [0.25, 0.3) is 0 Å². The first kappa shape index (κ1) is 18.3. The lowest BCUT2D eigenvalue weighted by molar-refractivity contribution is 0.424. The fourth-order valence-corrected chi connectivity index (χ4v) is 2.99. The van der Waals surface area contributed by atoms with E-state index in [1.807, 2.05) is 0 Å². The minimum absolute atomic E-state index is 0.503. The summed E-state index contributed by atoms with van der Waals surface area (Å²) in [7, 11) is -1.37. The van der Waals surface area contributed by atoms with Crippen molar-refractivity contribution >= 4 is 12.6 Å². The van der Waals surface area contributed by atoms with Gasteiger partial charge in [-0.3, -0.25) is 0 Å². The molecule has 0 bridgehead atoms. The third kappa shape index (κ3) is 5.84. The van der Waals surface area contributed by atoms with Gasteiger partial charge in [-0.1, -0.05) is 53.7 Å². The third-order valence-electron chi connectivity index (χ3n) is 3.57. The zero-order valence-corrected chi connectivity index (χ0v) is 14.5. The average molecular weight is 290 g/mol. The van der Waals surface area contributed by atoms with Crippen molar-refractivity contribution in [1.29, 1.82) is 0 Å². The summed E-state index contributed by atoms with van der Waals surface area (Å²) in [5, 5.41) is 19.7. The Hall–Kier alpha value is -0.795. The van der Waals surface area contributed by atoms with Crippen LogP contribution in [0.1, 0.15) is 58.2 Å². The van der Waals surface area contributed by atoms with Gasteiger partial charge in [-0.05, 0) is 59.2 Å². The lowest BCUT2D eigenvalue weighted by Crippen LogP contribution is -2.37. The van der Waals surface area contributed by atoms with Crippen LogP contribution in [0.2, 0.25) is 0 Å². The van der Waals surface area contributed by atoms with Crippen molar-refractivity contribution in [3.05, 3.63) is 28.8 Å². The quantitative estimate of drug-likeness (QED) is 0.758. The lowest BCUT2D eigenvalue weighted by Gasteiger charge is -2.20. The van der Waals surface area contributed by atoms with Crippen molar-refractivity contribution in [2.24, 2.45) is 17.8 Å². The number of hydrogen-bond donors (Lipinski definition) is 2. The van der Waals surface area contributed by atoms with Gasteiger partial charge < -0.3 is 10.0 Å². The molecule has 2 nitrogen and oxygen atoms in total. The van der Waals surface area contributed by atoms with Crippen LogP contribution in [0.25, 0.3) is 0 Å². The van der Waals surface area contributed by atoms with Crippen LogP contribution in [0.5, 0.6) is 0 Å². The van der Waals surface area contributed by atoms with Crippen molar-refractivity contribution in [2.45, 2.75) is 60.8 Å². The Morgan fingerprint density at radius 3 is 1.43 bits per heavy atom. The Balaban J connectivity index is 3.34. The molecule has 0 amide bonds. The topological polar surface area (TPSA) is 40.5 Å². The monoisotopic (exact) mass is 290 g/mol. The van der Waals surface area contributed by atoms with Crippen molar-refractivity contribution in [3.63, 3.8) is 0 Å². The summed E-state index contributed by atoms with van der Waals surface area (Å²) in [6.45, 7) is 13.1. The van der Waals surface area contributed by atoms with Crippen LogP contribution in [0, 0.1) is 17.8 Å². The predicted octanol–water partition coefficient (Wildman–Crippen LogP) is 2.96. The number of benzene rings is 1. The maximum atomic E-state index is 9.84. The first-order valence-electron chi connectivity index (χ1n) is 8.21. The van der Waals surface area contributed by atoms with Crippen molar-refractivity contribution in [2.75, 3.05) is 0 Å². The van der Waals surface area contributed by atoms with Crippen molar-refractivity contribution in [1.82, 2.24) is 0 Å². The predicted molar refractivity (Wildman–Crippen MR) is 91.9 cm³/mol. The molecule has 0 aliphatic heterocycles. The fraction of sp³-hybridized carbons (Fsp3) is 0.667. The van der Waals surface area contributed by atoms with Crippen LogP contribution in [0.3, 0.4) is 0 Å². The molecule has 0 unspecified atom stereocenters. The molecule has 0 aliphatic rings. The minimum Gasteiger partial charge on any atom is -0.423 e. The molecule has 21 heavy (non-hydrogen) atoms. The van der Waals surface area contributed by atoms with Crippen molar-refractivity contribution in [3.8, 4) is 0 Å². The van der Waals surface area contributed by atoms with Crippen LogP contribution in [-0.2, 0) is 19.3 Å². The van der Waals surface area contributed by atoms with Gasteiger partial charge in [0, 0.05) is 0 Å². The second-order valence-electron chi connectivity index (χ2n) is 7.50. The minimum atomic E-state index is -1.37. The summed E-state index contributed by atoms with van der Waals surface area (Å²) >= 11 is 0. The molecule has 0 saturated heterocycles.